The van der Waals surface area contributed by atoms with Crippen LogP contribution in [0.1, 0.15) is 19.8 Å². The average Bonchev–Trinajstić information content (AvgIpc) is 2.91. The molecule has 2 aliphatic rings. The Morgan fingerprint density at radius 2 is 2.37 bits per heavy atom. The van der Waals surface area contributed by atoms with Gasteiger partial charge in [-0.25, -0.2) is 0 Å². The first kappa shape index (κ1) is 12.1. The topological polar surface area (TPSA) is 62.3 Å². The van der Waals surface area contributed by atoms with E-state index in [0.29, 0.717) is 0 Å². The van der Waals surface area contributed by atoms with E-state index in [1.165, 1.54) is 0 Å². The van der Waals surface area contributed by atoms with E-state index in [-0.39, 0.29) is 23.1 Å². The molecule has 0 aromatic carbocycles. The Labute approximate surface area is 112 Å². The molecule has 1 aliphatic carbocycles. The van der Waals surface area contributed by atoms with Crippen molar-refractivity contribution < 1.29 is 9.59 Å². The van der Waals surface area contributed by atoms with Gasteiger partial charge in [0.25, 0.3) is 0 Å². The number of nitrogens with zero attached hydrogens (tertiary/aromatic N) is 2. The summed E-state index contributed by atoms with van der Waals surface area (Å²) < 4.78 is 0. The van der Waals surface area contributed by atoms with Gasteiger partial charge in [0, 0.05) is 37.5 Å². The first-order chi connectivity index (χ1) is 9.11. The molecule has 2 fully saturated rings. The number of nitrogens with one attached hydrogen (secondary N) is 1. The molecule has 1 N–H and O–H groups in total. The maximum Gasteiger partial charge on any atom is 0.228 e. The van der Waals surface area contributed by atoms with Crippen LogP contribution < -0.4 is 5.32 Å². The minimum atomic E-state index is 0.0389. The molecule has 2 amide bonds. The van der Waals surface area contributed by atoms with Gasteiger partial charge in [-0.3, -0.25) is 14.6 Å². The van der Waals surface area contributed by atoms with Crippen molar-refractivity contribution in [2.24, 2.45) is 11.3 Å². The molecule has 100 valence electrons. The molecule has 1 aromatic rings. The molecule has 5 nitrogen and oxygen atoms in total. The summed E-state index contributed by atoms with van der Waals surface area (Å²) in [5, 5.41) is 2.89. The van der Waals surface area contributed by atoms with E-state index >= 15 is 0 Å². The number of aromatic nitrogens is 1. The Hall–Kier alpha value is -1.91. The zero-order chi connectivity index (χ0) is 13.5. The normalized spacial score (nSPS) is 28.5. The van der Waals surface area contributed by atoms with E-state index in [1.807, 2.05) is 11.0 Å². The highest BCUT2D eigenvalue weighted by Crippen LogP contribution is 2.58. The number of carbonyl (C=O) groups excluding carboxylic acids is 2. The predicted octanol–water partition coefficient (Wildman–Crippen LogP) is 1.28. The highest BCUT2D eigenvalue weighted by atomic mass is 16.2. The van der Waals surface area contributed by atoms with Crippen LogP contribution in [0.15, 0.2) is 24.5 Å². The summed E-state index contributed by atoms with van der Waals surface area (Å²) >= 11 is 0. The molecule has 1 saturated heterocycles. The molecule has 1 aliphatic heterocycles. The molecule has 1 aromatic heterocycles. The number of likely N-dealkylation sites (tertiary alicyclic amines) is 1. The lowest BCUT2D eigenvalue weighted by molar-refractivity contribution is -0.128. The Morgan fingerprint density at radius 1 is 1.53 bits per heavy atom. The molecule has 0 bridgehead atoms. The predicted molar refractivity (Wildman–Crippen MR) is 70.3 cm³/mol. The van der Waals surface area contributed by atoms with Gasteiger partial charge in [-0.05, 0) is 25.0 Å². The van der Waals surface area contributed by atoms with Crippen LogP contribution in [-0.2, 0) is 9.59 Å². The van der Waals surface area contributed by atoms with Crippen molar-refractivity contribution in [2.75, 3.05) is 18.4 Å². The van der Waals surface area contributed by atoms with Crippen LogP contribution in [0.3, 0.4) is 0 Å². The van der Waals surface area contributed by atoms with Crippen LogP contribution >= 0.6 is 0 Å². The molecular weight excluding hydrogens is 242 g/mol. The molecule has 0 radical (unpaired) electrons. The van der Waals surface area contributed by atoms with Crippen LogP contribution in [0, 0.1) is 11.3 Å². The van der Waals surface area contributed by atoms with Crippen LogP contribution in [0.4, 0.5) is 5.69 Å². The van der Waals surface area contributed by atoms with E-state index in [0.717, 1.165) is 31.6 Å². The molecule has 1 saturated carbocycles. The number of hydrogen-bond acceptors (Lipinski definition) is 3. The average molecular weight is 259 g/mol. The number of hydrogen-bond donors (Lipinski definition) is 1. The monoisotopic (exact) mass is 259 g/mol. The van der Waals surface area contributed by atoms with Gasteiger partial charge in [0.05, 0.1) is 11.9 Å². The van der Waals surface area contributed by atoms with Gasteiger partial charge < -0.3 is 10.2 Å². The van der Waals surface area contributed by atoms with E-state index in [1.54, 1.807) is 25.4 Å². The van der Waals surface area contributed by atoms with E-state index < -0.39 is 0 Å². The molecule has 19 heavy (non-hydrogen) atoms. The van der Waals surface area contributed by atoms with Crippen LogP contribution in [0.5, 0.6) is 0 Å². The first-order valence-electron chi connectivity index (χ1n) is 6.57. The summed E-state index contributed by atoms with van der Waals surface area (Å²) in [6, 6.07) is 3.63. The SMILES string of the molecule is CC(=O)N1CC[C@]2(C[C@H]2C(=O)Nc2cccnc2)C1. The molecule has 1 spiro atoms. The van der Waals surface area contributed by atoms with Gasteiger partial charge in [0.15, 0.2) is 0 Å². The molecule has 2 heterocycles. The van der Waals surface area contributed by atoms with Gasteiger partial charge in [-0.1, -0.05) is 0 Å². The van der Waals surface area contributed by atoms with Gasteiger partial charge in [-0.15, -0.1) is 0 Å². The van der Waals surface area contributed by atoms with Gasteiger partial charge in [-0.2, -0.15) is 0 Å². The van der Waals surface area contributed by atoms with Crippen molar-refractivity contribution in [1.82, 2.24) is 9.88 Å². The van der Waals surface area contributed by atoms with Gasteiger partial charge in [0.2, 0.25) is 11.8 Å². The third-order valence-electron chi connectivity index (χ3n) is 4.27. The first-order valence-corrected chi connectivity index (χ1v) is 6.57. The second-order valence-corrected chi connectivity index (χ2v) is 5.54. The highest BCUT2D eigenvalue weighted by molar-refractivity contribution is 5.95. The van der Waals surface area contributed by atoms with Crippen molar-refractivity contribution in [3.05, 3.63) is 24.5 Å². The lowest BCUT2D eigenvalue weighted by Gasteiger charge is -2.13. The molecule has 3 rings (SSSR count). The van der Waals surface area contributed by atoms with Crippen molar-refractivity contribution in [1.29, 1.82) is 0 Å². The van der Waals surface area contributed by atoms with Crippen LogP contribution in [0.2, 0.25) is 0 Å². The number of carbonyl (C=O) groups is 2. The number of anilines is 1. The van der Waals surface area contributed by atoms with Crippen molar-refractivity contribution in [2.45, 2.75) is 19.8 Å². The molecular formula is C14H17N3O2. The summed E-state index contributed by atoms with van der Waals surface area (Å²) in [7, 11) is 0. The van der Waals surface area contributed by atoms with Crippen molar-refractivity contribution in [3.8, 4) is 0 Å². The Morgan fingerprint density at radius 3 is 3.00 bits per heavy atom. The minimum Gasteiger partial charge on any atom is -0.342 e. The summed E-state index contributed by atoms with van der Waals surface area (Å²) in [4.78, 5) is 29.3. The Kier molecular flexibility index (Phi) is 2.77. The highest BCUT2D eigenvalue weighted by Gasteiger charge is 2.61. The van der Waals surface area contributed by atoms with Crippen molar-refractivity contribution >= 4 is 17.5 Å². The zero-order valence-electron chi connectivity index (χ0n) is 10.9. The smallest absolute Gasteiger partial charge is 0.228 e. The lowest BCUT2D eigenvalue weighted by atomic mass is 10.0. The fourth-order valence-corrected chi connectivity index (χ4v) is 3.00. The van der Waals surface area contributed by atoms with Gasteiger partial charge in [0.1, 0.15) is 0 Å². The third-order valence-corrected chi connectivity index (χ3v) is 4.27. The Bertz CT molecular complexity index is 517. The second kappa shape index (κ2) is 4.33. The van der Waals surface area contributed by atoms with E-state index in [4.69, 9.17) is 0 Å². The fraction of sp³-hybridized carbons (Fsp3) is 0.500. The number of amides is 2. The fourth-order valence-electron chi connectivity index (χ4n) is 3.00. The second-order valence-electron chi connectivity index (χ2n) is 5.54. The number of rotatable bonds is 2. The minimum absolute atomic E-state index is 0.0389. The Balaban J connectivity index is 1.61. The maximum atomic E-state index is 12.2. The van der Waals surface area contributed by atoms with E-state index in [9.17, 15) is 9.59 Å². The van der Waals surface area contributed by atoms with Crippen molar-refractivity contribution in [3.63, 3.8) is 0 Å². The zero-order valence-corrected chi connectivity index (χ0v) is 10.9. The van der Waals surface area contributed by atoms with Crippen LogP contribution in [-0.4, -0.2) is 34.8 Å². The van der Waals surface area contributed by atoms with Gasteiger partial charge >= 0.3 is 0 Å². The molecule has 5 heteroatoms. The summed E-state index contributed by atoms with van der Waals surface area (Å²) in [6.45, 7) is 3.10. The maximum absolute atomic E-state index is 12.2. The molecule has 2 atom stereocenters. The summed E-state index contributed by atoms with van der Waals surface area (Å²) in [6.07, 6.45) is 5.15. The standard InChI is InChI=1S/C14H17N3O2/c1-10(18)17-6-4-14(9-17)7-12(14)13(19)16-11-3-2-5-15-8-11/h2-3,5,8,12H,4,6-7,9H2,1H3,(H,16,19)/t12-,14-/m0/s1. The van der Waals surface area contributed by atoms with E-state index in [2.05, 4.69) is 10.3 Å². The van der Waals surface area contributed by atoms with Crippen LogP contribution in [0.25, 0.3) is 0 Å². The summed E-state index contributed by atoms with van der Waals surface area (Å²) in [5.74, 6) is 0.200. The summed E-state index contributed by atoms with van der Waals surface area (Å²) in [5.41, 5.74) is 0.772. The quantitative estimate of drug-likeness (QED) is 0.870. The third kappa shape index (κ3) is 2.20. The lowest BCUT2D eigenvalue weighted by Crippen LogP contribution is -2.27. The largest absolute Gasteiger partial charge is 0.342 e. The number of pyridine rings is 1. The molecule has 0 unspecified atom stereocenters.